The van der Waals surface area contributed by atoms with Crippen LogP contribution in [-0.2, 0) is 4.79 Å². The molecule has 1 N–H and O–H groups in total. The number of anilines is 1. The van der Waals surface area contributed by atoms with E-state index in [9.17, 15) is 9.59 Å². The molecule has 0 unspecified atom stereocenters. The van der Waals surface area contributed by atoms with E-state index in [1.54, 1.807) is 18.2 Å². The van der Waals surface area contributed by atoms with Crippen LogP contribution in [0.3, 0.4) is 0 Å². The van der Waals surface area contributed by atoms with Crippen LogP contribution in [0.15, 0.2) is 18.2 Å². The van der Waals surface area contributed by atoms with Gasteiger partial charge in [-0.25, -0.2) is 0 Å². The largest absolute Gasteiger partial charge is 0.491 e. The highest BCUT2D eigenvalue weighted by Gasteiger charge is 2.22. The second kappa shape index (κ2) is 8.14. The number of nitrogens with one attached hydrogen (secondary N) is 1. The Labute approximate surface area is 138 Å². The predicted octanol–water partition coefficient (Wildman–Crippen LogP) is 4.44. The van der Waals surface area contributed by atoms with E-state index in [2.05, 4.69) is 19.2 Å². The third kappa shape index (κ3) is 5.08. The van der Waals surface area contributed by atoms with Crippen molar-refractivity contribution < 1.29 is 14.3 Å². The van der Waals surface area contributed by atoms with Gasteiger partial charge in [-0.2, -0.15) is 0 Å². The molecule has 1 aliphatic rings. The summed E-state index contributed by atoms with van der Waals surface area (Å²) in [6.45, 7) is 6.25. The van der Waals surface area contributed by atoms with Crippen molar-refractivity contribution in [3.8, 4) is 5.75 Å². The van der Waals surface area contributed by atoms with E-state index in [1.807, 2.05) is 0 Å². The zero-order valence-corrected chi connectivity index (χ0v) is 14.4. The monoisotopic (exact) mass is 317 g/mol. The summed E-state index contributed by atoms with van der Waals surface area (Å²) < 4.78 is 5.80. The molecule has 1 aromatic rings. The second-order valence-corrected chi connectivity index (χ2v) is 6.80. The Morgan fingerprint density at radius 3 is 2.52 bits per heavy atom. The molecule has 0 heterocycles. The van der Waals surface area contributed by atoms with Crippen molar-refractivity contribution in [2.75, 3.05) is 11.9 Å². The summed E-state index contributed by atoms with van der Waals surface area (Å²) in [5, 5.41) is 2.98. The number of ketones is 1. The van der Waals surface area contributed by atoms with E-state index in [1.165, 1.54) is 13.3 Å². The van der Waals surface area contributed by atoms with E-state index in [-0.39, 0.29) is 17.6 Å². The zero-order valence-electron chi connectivity index (χ0n) is 14.4. The van der Waals surface area contributed by atoms with Gasteiger partial charge < -0.3 is 10.1 Å². The normalized spacial score (nSPS) is 15.5. The molecular formula is C19H27NO3. The lowest BCUT2D eigenvalue weighted by Crippen LogP contribution is -2.25. The van der Waals surface area contributed by atoms with Gasteiger partial charge in [-0.1, -0.05) is 33.1 Å². The minimum absolute atomic E-state index is 0.0198. The molecule has 0 aliphatic heterocycles. The van der Waals surface area contributed by atoms with Gasteiger partial charge in [0, 0.05) is 11.5 Å². The van der Waals surface area contributed by atoms with Crippen LogP contribution in [0.25, 0.3) is 0 Å². The van der Waals surface area contributed by atoms with Crippen molar-refractivity contribution in [1.29, 1.82) is 0 Å². The lowest BCUT2D eigenvalue weighted by atomic mass is 9.88. The Bertz CT molecular complexity index is 560. The van der Waals surface area contributed by atoms with Crippen LogP contribution in [0.5, 0.6) is 5.75 Å². The Hall–Kier alpha value is -1.84. The molecule has 1 fully saturated rings. The number of hydrogen-bond acceptors (Lipinski definition) is 3. The predicted molar refractivity (Wildman–Crippen MR) is 92.0 cm³/mol. The molecule has 0 radical (unpaired) electrons. The molecule has 1 amide bonds. The summed E-state index contributed by atoms with van der Waals surface area (Å²) in [6, 6.07) is 5.24. The highest BCUT2D eigenvalue weighted by atomic mass is 16.5. The maximum absolute atomic E-state index is 12.5. The maximum Gasteiger partial charge on any atom is 0.227 e. The van der Waals surface area contributed by atoms with Gasteiger partial charge in [0.05, 0.1) is 12.3 Å². The molecule has 4 nitrogen and oxygen atoms in total. The summed E-state index contributed by atoms with van der Waals surface area (Å²) in [5.41, 5.74) is 1.19. The van der Waals surface area contributed by atoms with Gasteiger partial charge in [0.1, 0.15) is 5.75 Å². The number of Topliss-reactive ketones (excluding diaryl/α,β-unsaturated/α-hetero) is 1. The molecule has 2 rings (SSSR count). The third-order valence-corrected chi connectivity index (χ3v) is 4.19. The molecule has 0 bridgehead atoms. The van der Waals surface area contributed by atoms with Gasteiger partial charge >= 0.3 is 0 Å². The van der Waals surface area contributed by atoms with Crippen LogP contribution in [0.1, 0.15) is 63.2 Å². The Morgan fingerprint density at radius 2 is 1.91 bits per heavy atom. The Kier molecular flexibility index (Phi) is 6.20. The summed E-state index contributed by atoms with van der Waals surface area (Å²) >= 11 is 0. The molecule has 1 saturated carbocycles. The average molecular weight is 317 g/mol. The molecule has 1 aliphatic carbocycles. The van der Waals surface area contributed by atoms with E-state index in [0.717, 1.165) is 25.7 Å². The maximum atomic E-state index is 12.5. The first-order valence-electron chi connectivity index (χ1n) is 8.56. The quantitative estimate of drug-likeness (QED) is 0.789. The van der Waals surface area contributed by atoms with Crippen LogP contribution < -0.4 is 10.1 Å². The number of carbonyl (C=O) groups excluding carboxylic acids is 2. The summed E-state index contributed by atoms with van der Waals surface area (Å²) in [6.07, 6.45) is 5.33. The summed E-state index contributed by atoms with van der Waals surface area (Å²) in [7, 11) is 0. The van der Waals surface area contributed by atoms with Crippen LogP contribution >= 0.6 is 0 Å². The zero-order chi connectivity index (χ0) is 16.8. The first-order valence-corrected chi connectivity index (χ1v) is 8.56. The molecule has 4 heteroatoms. The molecular weight excluding hydrogens is 290 g/mol. The van der Waals surface area contributed by atoms with Gasteiger partial charge in [-0.3, -0.25) is 9.59 Å². The van der Waals surface area contributed by atoms with E-state index >= 15 is 0 Å². The molecule has 0 aromatic heterocycles. The van der Waals surface area contributed by atoms with Crippen molar-refractivity contribution in [2.24, 2.45) is 11.8 Å². The van der Waals surface area contributed by atoms with Crippen LogP contribution in [-0.4, -0.2) is 18.3 Å². The van der Waals surface area contributed by atoms with E-state index in [0.29, 0.717) is 29.5 Å². The first-order chi connectivity index (χ1) is 11.0. The minimum Gasteiger partial charge on any atom is -0.491 e. The number of rotatable bonds is 6. The van der Waals surface area contributed by atoms with Crippen molar-refractivity contribution in [3.05, 3.63) is 23.8 Å². The lowest BCUT2D eigenvalue weighted by Gasteiger charge is -2.22. The van der Waals surface area contributed by atoms with Gasteiger partial charge in [-0.05, 0) is 43.9 Å². The van der Waals surface area contributed by atoms with Crippen LogP contribution in [0.2, 0.25) is 0 Å². The van der Waals surface area contributed by atoms with Crippen molar-refractivity contribution in [1.82, 2.24) is 0 Å². The molecule has 0 atom stereocenters. The molecule has 126 valence electrons. The SMILES string of the molecule is CC(=O)c1ccc(OCC(C)C)c(NC(=O)C2CCCCC2)c1. The number of carbonyl (C=O) groups is 2. The minimum atomic E-state index is -0.0198. The van der Waals surface area contributed by atoms with Gasteiger partial charge in [0.25, 0.3) is 0 Å². The van der Waals surface area contributed by atoms with Gasteiger partial charge in [0.15, 0.2) is 5.78 Å². The first kappa shape index (κ1) is 17.5. The third-order valence-electron chi connectivity index (χ3n) is 4.19. The number of hydrogen-bond donors (Lipinski definition) is 1. The average Bonchev–Trinajstić information content (AvgIpc) is 2.54. The lowest BCUT2D eigenvalue weighted by molar-refractivity contribution is -0.120. The molecule has 23 heavy (non-hydrogen) atoms. The Morgan fingerprint density at radius 1 is 1.22 bits per heavy atom. The topological polar surface area (TPSA) is 55.4 Å². The fourth-order valence-corrected chi connectivity index (χ4v) is 2.83. The standard InChI is InChI=1S/C19H27NO3/c1-13(2)12-23-18-10-9-16(14(3)21)11-17(18)20-19(22)15-7-5-4-6-8-15/h9-11,13,15H,4-8,12H2,1-3H3,(H,20,22). The molecule has 0 saturated heterocycles. The highest BCUT2D eigenvalue weighted by Crippen LogP contribution is 2.30. The van der Waals surface area contributed by atoms with Crippen LogP contribution in [0.4, 0.5) is 5.69 Å². The molecule has 1 aromatic carbocycles. The summed E-state index contributed by atoms with van der Waals surface area (Å²) in [5.74, 6) is 1.12. The summed E-state index contributed by atoms with van der Waals surface area (Å²) in [4.78, 5) is 24.1. The highest BCUT2D eigenvalue weighted by molar-refractivity contribution is 5.98. The fourth-order valence-electron chi connectivity index (χ4n) is 2.83. The van der Waals surface area contributed by atoms with Crippen molar-refractivity contribution in [2.45, 2.75) is 52.9 Å². The van der Waals surface area contributed by atoms with Crippen molar-refractivity contribution >= 4 is 17.4 Å². The number of benzene rings is 1. The van der Waals surface area contributed by atoms with Crippen molar-refractivity contribution in [3.63, 3.8) is 0 Å². The smallest absolute Gasteiger partial charge is 0.227 e. The van der Waals surface area contributed by atoms with Gasteiger partial charge in [-0.15, -0.1) is 0 Å². The van der Waals surface area contributed by atoms with E-state index in [4.69, 9.17) is 4.74 Å². The Balaban J connectivity index is 2.16. The molecule has 0 spiro atoms. The van der Waals surface area contributed by atoms with Crippen LogP contribution in [0, 0.1) is 11.8 Å². The number of amides is 1. The number of ether oxygens (including phenoxy) is 1. The second-order valence-electron chi connectivity index (χ2n) is 6.80. The van der Waals surface area contributed by atoms with Gasteiger partial charge in [0.2, 0.25) is 5.91 Å². The fraction of sp³-hybridized carbons (Fsp3) is 0.579. The van der Waals surface area contributed by atoms with E-state index < -0.39 is 0 Å².